The van der Waals surface area contributed by atoms with Crippen LogP contribution in [0.3, 0.4) is 0 Å². The first-order valence-corrected chi connectivity index (χ1v) is 6.06. The topological polar surface area (TPSA) is 17.1 Å². The van der Waals surface area contributed by atoms with Crippen LogP contribution in [0, 0.1) is 0 Å². The molecule has 1 heterocycles. The van der Waals surface area contributed by atoms with Crippen molar-refractivity contribution in [3.05, 3.63) is 40.7 Å². The van der Waals surface area contributed by atoms with Crippen LogP contribution in [0.15, 0.2) is 29.6 Å². The van der Waals surface area contributed by atoms with Crippen LogP contribution in [0.25, 0.3) is 5.57 Å². The van der Waals surface area contributed by atoms with Gasteiger partial charge in [-0.15, -0.1) is 0 Å². The van der Waals surface area contributed by atoms with Gasteiger partial charge in [0, 0.05) is 18.4 Å². The highest BCUT2D eigenvalue weighted by molar-refractivity contribution is 7.50. The normalized spacial score (nSPS) is 22.0. The fourth-order valence-corrected chi connectivity index (χ4v) is 3.85. The third-order valence-electron chi connectivity index (χ3n) is 2.91. The van der Waals surface area contributed by atoms with Crippen molar-refractivity contribution in [2.45, 2.75) is 12.8 Å². The van der Waals surface area contributed by atoms with Gasteiger partial charge in [-0.2, -0.15) is 0 Å². The molecular weight excluding hydrogens is 179 g/mol. The van der Waals surface area contributed by atoms with Crippen molar-refractivity contribution in [2.75, 3.05) is 6.16 Å². The van der Waals surface area contributed by atoms with E-state index in [-0.39, 0.29) is 0 Å². The molecule has 0 saturated carbocycles. The molecule has 0 fully saturated rings. The molecule has 1 aromatic carbocycles. The van der Waals surface area contributed by atoms with Crippen molar-refractivity contribution in [1.29, 1.82) is 0 Å². The summed E-state index contributed by atoms with van der Waals surface area (Å²) in [7, 11) is -1.02. The predicted molar refractivity (Wildman–Crippen MR) is 54.2 cm³/mol. The highest BCUT2D eigenvalue weighted by atomic mass is 31.1. The molecule has 0 bridgehead atoms. The van der Waals surface area contributed by atoms with E-state index < -0.39 is 7.80 Å². The van der Waals surface area contributed by atoms with Crippen LogP contribution in [0.5, 0.6) is 0 Å². The van der Waals surface area contributed by atoms with Crippen molar-refractivity contribution in [1.82, 2.24) is 0 Å². The second kappa shape index (κ2) is 2.52. The molecule has 1 atom stereocenters. The fourth-order valence-electron chi connectivity index (χ4n) is 2.28. The number of allylic oxidation sites excluding steroid dienone is 2. The molecular formula is C11H10OP+. The molecule has 2 aliphatic rings. The van der Waals surface area contributed by atoms with E-state index in [2.05, 4.69) is 24.3 Å². The molecule has 0 spiro atoms. The summed E-state index contributed by atoms with van der Waals surface area (Å²) in [6, 6.07) is 8.44. The Hall–Kier alpha value is -0.940. The van der Waals surface area contributed by atoms with Gasteiger partial charge in [0.25, 0.3) is 0 Å². The van der Waals surface area contributed by atoms with Gasteiger partial charge in [-0.1, -0.05) is 28.8 Å². The Morgan fingerprint density at radius 3 is 3.00 bits per heavy atom. The van der Waals surface area contributed by atoms with E-state index in [1.165, 1.54) is 22.0 Å². The summed E-state index contributed by atoms with van der Waals surface area (Å²) in [6.07, 6.45) is 2.86. The van der Waals surface area contributed by atoms with Gasteiger partial charge < -0.3 is 0 Å². The van der Waals surface area contributed by atoms with Gasteiger partial charge in [0.2, 0.25) is 0 Å². The zero-order chi connectivity index (χ0) is 8.84. The van der Waals surface area contributed by atoms with E-state index in [9.17, 15) is 4.57 Å². The number of hydrogen-bond acceptors (Lipinski definition) is 1. The van der Waals surface area contributed by atoms with Crippen LogP contribution in [-0.4, -0.2) is 6.16 Å². The zero-order valence-corrected chi connectivity index (χ0v) is 8.18. The Labute approximate surface area is 78.3 Å². The molecule has 1 aromatic rings. The largest absolute Gasteiger partial charge is 0.373 e. The maximum Gasteiger partial charge on any atom is 0.373 e. The molecule has 0 aromatic heterocycles. The Morgan fingerprint density at radius 2 is 2.08 bits per heavy atom. The van der Waals surface area contributed by atoms with E-state index in [1.54, 1.807) is 0 Å². The van der Waals surface area contributed by atoms with Crippen molar-refractivity contribution in [3.63, 3.8) is 0 Å². The Balaban J connectivity index is 2.20. The third-order valence-corrected chi connectivity index (χ3v) is 4.57. The van der Waals surface area contributed by atoms with Crippen LogP contribution in [0.1, 0.15) is 17.5 Å². The van der Waals surface area contributed by atoms with Crippen LogP contribution < -0.4 is 0 Å². The standard InChI is InChI=1S/C11H10OP/c12-13-6-5-10-9-4-2-1-3-8(9)7-11(10)13/h1-4H,5-7H2/q+1. The van der Waals surface area contributed by atoms with Gasteiger partial charge in [0.05, 0.1) is 0 Å². The van der Waals surface area contributed by atoms with Crippen molar-refractivity contribution >= 4 is 13.4 Å². The summed E-state index contributed by atoms with van der Waals surface area (Å²) in [5.74, 6) is 0. The van der Waals surface area contributed by atoms with E-state index in [0.717, 1.165) is 19.0 Å². The molecule has 1 nitrogen and oxygen atoms in total. The molecule has 3 rings (SSSR count). The quantitative estimate of drug-likeness (QED) is 0.573. The summed E-state index contributed by atoms with van der Waals surface area (Å²) in [5, 5.41) is 1.23. The highest BCUT2D eigenvalue weighted by Gasteiger charge is 2.39. The Bertz CT molecular complexity index is 431. The van der Waals surface area contributed by atoms with Gasteiger partial charge in [0.1, 0.15) is 0 Å². The fraction of sp³-hybridized carbons (Fsp3) is 0.273. The molecule has 0 radical (unpaired) electrons. The average molecular weight is 189 g/mol. The summed E-state index contributed by atoms with van der Waals surface area (Å²) in [5.41, 5.74) is 4.12. The number of benzene rings is 1. The predicted octanol–water partition coefficient (Wildman–Crippen LogP) is 3.18. The van der Waals surface area contributed by atoms with Gasteiger partial charge in [-0.25, -0.2) is 0 Å². The lowest BCUT2D eigenvalue weighted by molar-refractivity contribution is 0.592. The maximum absolute atomic E-state index is 11.6. The first kappa shape index (κ1) is 7.46. The lowest BCUT2D eigenvalue weighted by Gasteiger charge is -1.99. The molecule has 2 heteroatoms. The molecule has 64 valence electrons. The minimum Gasteiger partial charge on any atom is -0.0684 e. The SMILES string of the molecule is O=[P+]1CCC2=C1Cc1ccccc12. The lowest BCUT2D eigenvalue weighted by atomic mass is 10.0. The van der Waals surface area contributed by atoms with Gasteiger partial charge >= 0.3 is 7.80 Å². The average Bonchev–Trinajstić information content (AvgIpc) is 2.67. The third kappa shape index (κ3) is 0.941. The number of fused-ring (bicyclic) bond motifs is 2. The monoisotopic (exact) mass is 189 g/mol. The summed E-state index contributed by atoms with van der Waals surface area (Å²) >= 11 is 0. The van der Waals surface area contributed by atoms with Crippen molar-refractivity contribution < 1.29 is 4.57 Å². The Kier molecular flexibility index (Phi) is 1.45. The summed E-state index contributed by atoms with van der Waals surface area (Å²) < 4.78 is 11.6. The van der Waals surface area contributed by atoms with Crippen LogP contribution in [0.2, 0.25) is 0 Å². The van der Waals surface area contributed by atoms with E-state index in [4.69, 9.17) is 0 Å². The summed E-state index contributed by atoms with van der Waals surface area (Å²) in [4.78, 5) is 0. The second-order valence-electron chi connectivity index (χ2n) is 3.61. The molecule has 0 N–H and O–H groups in total. The minimum absolute atomic E-state index is 0.883. The van der Waals surface area contributed by atoms with Gasteiger partial charge in [-0.3, -0.25) is 0 Å². The second-order valence-corrected chi connectivity index (χ2v) is 5.36. The molecule has 0 amide bonds. The molecule has 1 aliphatic heterocycles. The molecule has 1 unspecified atom stereocenters. The zero-order valence-electron chi connectivity index (χ0n) is 7.29. The first-order valence-electron chi connectivity index (χ1n) is 4.61. The molecule has 1 aliphatic carbocycles. The lowest BCUT2D eigenvalue weighted by Crippen LogP contribution is -1.85. The van der Waals surface area contributed by atoms with Crippen LogP contribution in [-0.2, 0) is 11.0 Å². The van der Waals surface area contributed by atoms with Gasteiger partial charge in [0.15, 0.2) is 11.5 Å². The minimum atomic E-state index is -1.02. The maximum atomic E-state index is 11.6. The Morgan fingerprint density at radius 1 is 1.23 bits per heavy atom. The van der Waals surface area contributed by atoms with Crippen molar-refractivity contribution in [3.8, 4) is 0 Å². The van der Waals surface area contributed by atoms with Gasteiger partial charge in [-0.05, 0) is 11.1 Å². The van der Waals surface area contributed by atoms with E-state index >= 15 is 0 Å². The first-order chi connectivity index (χ1) is 6.36. The molecule has 13 heavy (non-hydrogen) atoms. The van der Waals surface area contributed by atoms with Crippen LogP contribution >= 0.6 is 7.80 Å². The van der Waals surface area contributed by atoms with E-state index in [0.29, 0.717) is 0 Å². The smallest absolute Gasteiger partial charge is 0.0684 e. The van der Waals surface area contributed by atoms with Crippen molar-refractivity contribution in [2.24, 2.45) is 0 Å². The van der Waals surface area contributed by atoms with Crippen LogP contribution in [0.4, 0.5) is 0 Å². The summed E-state index contributed by atoms with van der Waals surface area (Å²) in [6.45, 7) is 0. The highest BCUT2D eigenvalue weighted by Crippen LogP contribution is 2.53. The number of rotatable bonds is 0. The van der Waals surface area contributed by atoms with E-state index in [1.807, 2.05) is 0 Å². The number of hydrogen-bond donors (Lipinski definition) is 0. The molecule has 0 saturated heterocycles.